The molecular formula is C18H22. The van der Waals surface area contributed by atoms with Crippen molar-refractivity contribution in [2.45, 2.75) is 40.0 Å². The van der Waals surface area contributed by atoms with Crippen molar-refractivity contribution in [1.82, 2.24) is 0 Å². The highest BCUT2D eigenvalue weighted by atomic mass is 14.2. The second-order valence-electron chi connectivity index (χ2n) is 5.05. The lowest BCUT2D eigenvalue weighted by Crippen LogP contribution is -1.85. The molecule has 1 aromatic carbocycles. The van der Waals surface area contributed by atoms with Gasteiger partial charge in [-0.25, -0.2) is 0 Å². The van der Waals surface area contributed by atoms with Crippen molar-refractivity contribution < 1.29 is 0 Å². The second kappa shape index (κ2) is 5.86. The summed E-state index contributed by atoms with van der Waals surface area (Å²) in [6.45, 7) is 6.73. The highest BCUT2D eigenvalue weighted by Gasteiger charge is 2.14. The van der Waals surface area contributed by atoms with Crippen LogP contribution >= 0.6 is 0 Å². The number of rotatable bonds is 4. The number of allylic oxidation sites excluding steroid dienone is 5. The smallest absolute Gasteiger partial charge is 0.0189 e. The normalized spacial score (nSPS) is 17.5. The molecule has 1 aliphatic carbocycles. The Morgan fingerprint density at radius 3 is 2.44 bits per heavy atom. The summed E-state index contributed by atoms with van der Waals surface area (Å²) in [4.78, 5) is 0. The average Bonchev–Trinajstić information content (AvgIpc) is 2.65. The summed E-state index contributed by atoms with van der Waals surface area (Å²) < 4.78 is 0. The van der Waals surface area contributed by atoms with Crippen LogP contribution in [0.2, 0.25) is 0 Å². The van der Waals surface area contributed by atoms with E-state index in [9.17, 15) is 0 Å². The summed E-state index contributed by atoms with van der Waals surface area (Å²) >= 11 is 0. The van der Waals surface area contributed by atoms with Gasteiger partial charge in [0.05, 0.1) is 0 Å². The van der Waals surface area contributed by atoms with Crippen molar-refractivity contribution in [1.29, 1.82) is 0 Å². The van der Waals surface area contributed by atoms with E-state index in [1.807, 2.05) is 0 Å². The first-order valence-electron chi connectivity index (χ1n) is 6.88. The van der Waals surface area contributed by atoms with Gasteiger partial charge in [0.1, 0.15) is 0 Å². The number of benzene rings is 1. The zero-order chi connectivity index (χ0) is 13.0. The Balaban J connectivity index is 2.27. The Kier molecular flexibility index (Phi) is 4.19. The van der Waals surface area contributed by atoms with Gasteiger partial charge < -0.3 is 0 Å². The van der Waals surface area contributed by atoms with Crippen LogP contribution in [0.5, 0.6) is 0 Å². The topological polar surface area (TPSA) is 0 Å². The highest BCUT2D eigenvalue weighted by Crippen LogP contribution is 2.34. The maximum atomic E-state index is 2.36. The number of hydrogen-bond acceptors (Lipinski definition) is 0. The fourth-order valence-corrected chi connectivity index (χ4v) is 2.48. The van der Waals surface area contributed by atoms with Gasteiger partial charge in [-0.1, -0.05) is 49.8 Å². The molecule has 0 atom stereocenters. The zero-order valence-electron chi connectivity index (χ0n) is 11.7. The van der Waals surface area contributed by atoms with Gasteiger partial charge in [0.2, 0.25) is 0 Å². The molecule has 94 valence electrons. The standard InChI is InChI=1S/C18H22/c1-4-5-11-17-12-14(2)18(15(17)3)13-16-9-7-6-8-10-16/h6-10,12-13H,4-5,11H2,1-3H3. The van der Waals surface area contributed by atoms with E-state index >= 15 is 0 Å². The first-order valence-corrected chi connectivity index (χ1v) is 6.88. The Hall–Kier alpha value is -1.56. The van der Waals surface area contributed by atoms with Gasteiger partial charge in [-0.05, 0) is 60.6 Å². The van der Waals surface area contributed by atoms with Crippen LogP contribution < -0.4 is 0 Å². The van der Waals surface area contributed by atoms with Crippen molar-refractivity contribution >= 4 is 6.08 Å². The zero-order valence-corrected chi connectivity index (χ0v) is 11.7. The fourth-order valence-electron chi connectivity index (χ4n) is 2.48. The minimum atomic E-state index is 1.21. The summed E-state index contributed by atoms with van der Waals surface area (Å²) in [5.74, 6) is 0. The predicted molar refractivity (Wildman–Crippen MR) is 80.4 cm³/mol. The van der Waals surface area contributed by atoms with Crippen molar-refractivity contribution in [2.24, 2.45) is 0 Å². The van der Waals surface area contributed by atoms with Crippen molar-refractivity contribution in [3.05, 3.63) is 64.3 Å². The van der Waals surface area contributed by atoms with Gasteiger partial charge in [0, 0.05) is 0 Å². The lowest BCUT2D eigenvalue weighted by Gasteiger charge is -2.05. The first kappa shape index (κ1) is 12.9. The molecule has 2 rings (SSSR count). The van der Waals surface area contributed by atoms with Crippen LogP contribution in [0.3, 0.4) is 0 Å². The van der Waals surface area contributed by atoms with Crippen LogP contribution in [-0.2, 0) is 0 Å². The predicted octanol–water partition coefficient (Wildman–Crippen LogP) is 5.54. The van der Waals surface area contributed by atoms with E-state index in [0.29, 0.717) is 0 Å². The van der Waals surface area contributed by atoms with Crippen molar-refractivity contribution in [3.8, 4) is 0 Å². The summed E-state index contributed by atoms with van der Waals surface area (Å²) in [6, 6.07) is 10.6. The Morgan fingerprint density at radius 2 is 1.78 bits per heavy atom. The molecule has 0 radical (unpaired) electrons. The summed E-state index contributed by atoms with van der Waals surface area (Å²) in [7, 11) is 0. The monoisotopic (exact) mass is 238 g/mol. The Bertz CT molecular complexity index is 498. The van der Waals surface area contributed by atoms with Gasteiger partial charge in [0.25, 0.3) is 0 Å². The largest absolute Gasteiger partial charge is 0.0654 e. The molecule has 0 spiro atoms. The second-order valence-corrected chi connectivity index (χ2v) is 5.05. The van der Waals surface area contributed by atoms with Crippen LogP contribution in [-0.4, -0.2) is 0 Å². The van der Waals surface area contributed by atoms with Crippen LogP contribution in [0.25, 0.3) is 6.08 Å². The van der Waals surface area contributed by atoms with Crippen LogP contribution in [0.4, 0.5) is 0 Å². The van der Waals surface area contributed by atoms with Gasteiger partial charge >= 0.3 is 0 Å². The van der Waals surface area contributed by atoms with Gasteiger partial charge in [-0.3, -0.25) is 0 Å². The number of unbranched alkanes of at least 4 members (excludes halogenated alkanes) is 1. The molecule has 0 saturated heterocycles. The summed E-state index contributed by atoms with van der Waals surface area (Å²) in [6.07, 6.45) is 8.43. The molecule has 0 heterocycles. The van der Waals surface area contributed by atoms with Gasteiger partial charge in [-0.15, -0.1) is 0 Å². The van der Waals surface area contributed by atoms with E-state index in [-0.39, 0.29) is 0 Å². The average molecular weight is 238 g/mol. The van der Waals surface area contributed by atoms with Gasteiger partial charge in [0.15, 0.2) is 0 Å². The lowest BCUT2D eigenvalue weighted by atomic mass is 10.0. The molecule has 0 bridgehead atoms. The summed E-state index contributed by atoms with van der Waals surface area (Å²) in [5, 5.41) is 0. The van der Waals surface area contributed by atoms with Crippen LogP contribution in [0.15, 0.2) is 58.7 Å². The molecule has 18 heavy (non-hydrogen) atoms. The highest BCUT2D eigenvalue weighted by molar-refractivity contribution is 5.70. The molecule has 0 aliphatic heterocycles. The van der Waals surface area contributed by atoms with E-state index in [4.69, 9.17) is 0 Å². The maximum Gasteiger partial charge on any atom is -0.0189 e. The summed E-state index contributed by atoms with van der Waals surface area (Å²) in [5.41, 5.74) is 7.09. The maximum absolute atomic E-state index is 2.36. The Morgan fingerprint density at radius 1 is 1.06 bits per heavy atom. The van der Waals surface area contributed by atoms with Crippen LogP contribution in [0.1, 0.15) is 45.6 Å². The SMILES string of the molecule is CCCCC1=C(C)C(=Cc2ccccc2)C(C)=C1. The van der Waals surface area contributed by atoms with Gasteiger partial charge in [-0.2, -0.15) is 0 Å². The molecule has 0 aromatic heterocycles. The van der Waals surface area contributed by atoms with E-state index in [1.165, 1.54) is 47.1 Å². The van der Waals surface area contributed by atoms with Crippen LogP contribution in [0, 0.1) is 0 Å². The van der Waals surface area contributed by atoms with Crippen molar-refractivity contribution in [2.75, 3.05) is 0 Å². The van der Waals surface area contributed by atoms with E-state index in [0.717, 1.165) is 0 Å². The molecule has 0 unspecified atom stereocenters. The molecule has 0 fully saturated rings. The fraction of sp³-hybridized carbons (Fsp3) is 0.333. The molecule has 0 heteroatoms. The third-order valence-corrected chi connectivity index (χ3v) is 3.61. The number of hydrogen-bond donors (Lipinski definition) is 0. The van der Waals surface area contributed by atoms with E-state index in [1.54, 1.807) is 0 Å². The van der Waals surface area contributed by atoms with E-state index in [2.05, 4.69) is 63.3 Å². The quantitative estimate of drug-likeness (QED) is 0.646. The minimum absolute atomic E-state index is 1.21. The minimum Gasteiger partial charge on any atom is -0.0654 e. The van der Waals surface area contributed by atoms with Crippen molar-refractivity contribution in [3.63, 3.8) is 0 Å². The molecule has 1 aliphatic rings. The Labute approximate surface area is 111 Å². The lowest BCUT2D eigenvalue weighted by molar-refractivity contribution is 0.795. The van der Waals surface area contributed by atoms with E-state index < -0.39 is 0 Å². The molecule has 0 saturated carbocycles. The first-order chi connectivity index (χ1) is 8.72. The molecule has 0 N–H and O–H groups in total. The molecule has 1 aromatic rings. The molecular weight excluding hydrogens is 216 g/mol. The molecule has 0 nitrogen and oxygen atoms in total. The third kappa shape index (κ3) is 2.81. The third-order valence-electron chi connectivity index (χ3n) is 3.61. The molecule has 0 amide bonds.